The molecule has 1 N–H and O–H groups in total. The van der Waals surface area contributed by atoms with Gasteiger partial charge in [0.05, 0.1) is 17.6 Å². The van der Waals surface area contributed by atoms with E-state index < -0.39 is 5.60 Å². The molecule has 54 valence electrons. The Balaban J connectivity index is 2.22. The summed E-state index contributed by atoms with van der Waals surface area (Å²) in [7, 11) is 0. The Morgan fingerprint density at radius 2 is 2.40 bits per heavy atom. The molecule has 0 spiro atoms. The average Bonchev–Trinajstić information content (AvgIpc) is 2.17. The summed E-state index contributed by atoms with van der Waals surface area (Å²) in [6.45, 7) is 1.86. The summed E-state index contributed by atoms with van der Waals surface area (Å²) < 4.78 is 0. The summed E-state index contributed by atoms with van der Waals surface area (Å²) >= 11 is 0. The van der Waals surface area contributed by atoms with Crippen LogP contribution in [-0.2, 0) is 0 Å². The molecule has 3 aliphatic carbocycles. The van der Waals surface area contributed by atoms with Gasteiger partial charge in [0.1, 0.15) is 0 Å². The molecular formula is C8H11NO. The number of hydrogen-bond donors (Lipinski definition) is 1. The second-order valence-corrected chi connectivity index (χ2v) is 3.82. The van der Waals surface area contributed by atoms with Crippen LogP contribution in [0, 0.1) is 29.1 Å². The van der Waals surface area contributed by atoms with Gasteiger partial charge in [0, 0.05) is 5.92 Å². The first-order chi connectivity index (χ1) is 4.65. The summed E-state index contributed by atoms with van der Waals surface area (Å²) in [6.07, 6.45) is 1.92. The number of aliphatic hydroxyl groups is 1. The van der Waals surface area contributed by atoms with Crippen LogP contribution in [0.3, 0.4) is 0 Å². The van der Waals surface area contributed by atoms with E-state index in [1.807, 2.05) is 6.92 Å². The van der Waals surface area contributed by atoms with E-state index in [4.69, 9.17) is 5.26 Å². The lowest BCUT2D eigenvalue weighted by Gasteiger charge is -2.32. The second kappa shape index (κ2) is 1.54. The third-order valence-corrected chi connectivity index (χ3v) is 3.12. The molecular weight excluding hydrogens is 126 g/mol. The summed E-state index contributed by atoms with van der Waals surface area (Å²) in [4.78, 5) is 0. The Kier molecular flexibility index (Phi) is 0.952. The Hall–Kier alpha value is -0.550. The van der Waals surface area contributed by atoms with Crippen LogP contribution < -0.4 is 0 Å². The number of nitriles is 1. The van der Waals surface area contributed by atoms with Crippen LogP contribution in [0.4, 0.5) is 0 Å². The maximum absolute atomic E-state index is 9.66. The van der Waals surface area contributed by atoms with Crippen molar-refractivity contribution < 1.29 is 5.11 Å². The van der Waals surface area contributed by atoms with Gasteiger partial charge in [-0.2, -0.15) is 5.26 Å². The molecule has 0 saturated heterocycles. The zero-order valence-electron chi connectivity index (χ0n) is 6.04. The summed E-state index contributed by atoms with van der Waals surface area (Å²) in [5.74, 6) is 0.947. The molecule has 3 fully saturated rings. The Morgan fingerprint density at radius 3 is 2.60 bits per heavy atom. The van der Waals surface area contributed by atoms with Crippen molar-refractivity contribution in [2.75, 3.05) is 0 Å². The van der Waals surface area contributed by atoms with Crippen molar-refractivity contribution in [3.8, 4) is 6.07 Å². The highest BCUT2D eigenvalue weighted by molar-refractivity contribution is 5.15. The van der Waals surface area contributed by atoms with Crippen molar-refractivity contribution in [1.82, 2.24) is 0 Å². The molecule has 2 heteroatoms. The maximum Gasteiger partial charge on any atom is 0.0663 e. The van der Waals surface area contributed by atoms with E-state index >= 15 is 0 Å². The summed E-state index contributed by atoms with van der Waals surface area (Å²) in [5, 5.41) is 18.3. The molecule has 3 saturated carbocycles. The van der Waals surface area contributed by atoms with Crippen molar-refractivity contribution in [1.29, 1.82) is 5.26 Å². The fraction of sp³-hybridized carbons (Fsp3) is 0.875. The van der Waals surface area contributed by atoms with Gasteiger partial charge in [-0.3, -0.25) is 0 Å². The number of rotatable bonds is 0. The van der Waals surface area contributed by atoms with Gasteiger partial charge in [-0.15, -0.1) is 0 Å². The van der Waals surface area contributed by atoms with E-state index in [-0.39, 0.29) is 11.8 Å². The summed E-state index contributed by atoms with van der Waals surface area (Å²) in [5.41, 5.74) is -0.523. The highest BCUT2D eigenvalue weighted by Gasteiger charge is 2.59. The van der Waals surface area contributed by atoms with Gasteiger partial charge in [-0.25, -0.2) is 0 Å². The predicted molar refractivity (Wildman–Crippen MR) is 35.9 cm³/mol. The molecule has 0 aromatic carbocycles. The van der Waals surface area contributed by atoms with E-state index in [1.165, 1.54) is 0 Å². The normalized spacial score (nSPS) is 57.5. The van der Waals surface area contributed by atoms with Crippen LogP contribution in [0.25, 0.3) is 0 Å². The van der Waals surface area contributed by atoms with Gasteiger partial charge in [0.15, 0.2) is 0 Å². The minimum Gasteiger partial charge on any atom is -0.390 e. The van der Waals surface area contributed by atoms with Gasteiger partial charge in [0.2, 0.25) is 0 Å². The van der Waals surface area contributed by atoms with Crippen molar-refractivity contribution in [3.05, 3.63) is 0 Å². The Bertz CT molecular complexity index is 204. The first-order valence-electron chi connectivity index (χ1n) is 3.77. The van der Waals surface area contributed by atoms with Crippen molar-refractivity contribution in [2.45, 2.75) is 25.4 Å². The van der Waals surface area contributed by atoms with Gasteiger partial charge in [-0.1, -0.05) is 0 Å². The van der Waals surface area contributed by atoms with Gasteiger partial charge >= 0.3 is 0 Å². The molecule has 10 heavy (non-hydrogen) atoms. The van der Waals surface area contributed by atoms with Crippen LogP contribution in [0.5, 0.6) is 0 Å². The lowest BCUT2D eigenvalue weighted by molar-refractivity contribution is 0.0144. The third kappa shape index (κ3) is 0.518. The van der Waals surface area contributed by atoms with Gasteiger partial charge in [0.25, 0.3) is 0 Å². The second-order valence-electron chi connectivity index (χ2n) is 3.82. The molecule has 0 aromatic rings. The molecule has 4 atom stereocenters. The zero-order chi connectivity index (χ0) is 7.35. The summed E-state index contributed by atoms with van der Waals surface area (Å²) in [6, 6.07) is 2.26. The lowest BCUT2D eigenvalue weighted by Crippen LogP contribution is -2.35. The van der Waals surface area contributed by atoms with Crippen molar-refractivity contribution in [2.24, 2.45) is 17.8 Å². The van der Waals surface area contributed by atoms with E-state index in [0.717, 1.165) is 12.8 Å². The maximum atomic E-state index is 9.66. The molecule has 3 rings (SSSR count). The van der Waals surface area contributed by atoms with Crippen LogP contribution >= 0.6 is 0 Å². The van der Waals surface area contributed by atoms with Crippen LogP contribution in [0.1, 0.15) is 19.8 Å². The van der Waals surface area contributed by atoms with Crippen LogP contribution in [0.15, 0.2) is 0 Å². The average molecular weight is 137 g/mol. The third-order valence-electron chi connectivity index (χ3n) is 3.12. The Morgan fingerprint density at radius 1 is 1.70 bits per heavy atom. The molecule has 3 aliphatic rings. The molecule has 0 aromatic heterocycles. The van der Waals surface area contributed by atoms with E-state index in [0.29, 0.717) is 5.92 Å². The molecule has 0 unspecified atom stereocenters. The smallest absolute Gasteiger partial charge is 0.0663 e. The fourth-order valence-electron chi connectivity index (χ4n) is 2.48. The number of hydrogen-bond acceptors (Lipinski definition) is 2. The molecule has 0 aliphatic heterocycles. The van der Waals surface area contributed by atoms with E-state index in [9.17, 15) is 5.11 Å². The highest BCUT2D eigenvalue weighted by atomic mass is 16.3. The molecule has 0 amide bonds. The van der Waals surface area contributed by atoms with Gasteiger partial charge < -0.3 is 5.11 Å². The largest absolute Gasteiger partial charge is 0.390 e. The standard InChI is InChI=1S/C8H11NO/c1-8(10)3-5-2-7(8)6(5)4-9/h5-7,10H,2-3H2,1H3/t5-,6-,7-,8+/m0/s1. The molecule has 0 heterocycles. The Labute approximate surface area is 60.5 Å². The minimum absolute atomic E-state index is 0.162. The topological polar surface area (TPSA) is 44.0 Å². The predicted octanol–water partition coefficient (Wildman–Crippen LogP) is 0.917. The van der Waals surface area contributed by atoms with Crippen molar-refractivity contribution in [3.63, 3.8) is 0 Å². The molecule has 0 radical (unpaired) electrons. The van der Waals surface area contributed by atoms with Crippen molar-refractivity contribution >= 4 is 0 Å². The fourth-order valence-corrected chi connectivity index (χ4v) is 2.48. The van der Waals surface area contributed by atoms with E-state index in [2.05, 4.69) is 6.07 Å². The number of nitrogens with zero attached hydrogens (tertiary/aromatic N) is 1. The molecule has 2 nitrogen and oxygen atoms in total. The van der Waals surface area contributed by atoms with Crippen LogP contribution in [-0.4, -0.2) is 10.7 Å². The first-order valence-corrected chi connectivity index (χ1v) is 3.77. The minimum atomic E-state index is -0.523. The van der Waals surface area contributed by atoms with E-state index in [1.54, 1.807) is 0 Å². The van der Waals surface area contributed by atoms with Gasteiger partial charge in [-0.05, 0) is 25.7 Å². The highest BCUT2D eigenvalue weighted by Crippen LogP contribution is 2.58. The monoisotopic (exact) mass is 137 g/mol. The first kappa shape index (κ1) is 6.18. The molecule has 2 bridgehead atoms. The quantitative estimate of drug-likeness (QED) is 0.539. The SMILES string of the molecule is C[C@@]1(O)C[C@@H]2C[C@H]1[C@H]2C#N. The van der Waals surface area contributed by atoms with Crippen LogP contribution in [0.2, 0.25) is 0 Å². The lowest BCUT2D eigenvalue weighted by atomic mass is 9.71. The number of fused-ring (bicyclic) bond motifs is 1. The zero-order valence-corrected chi connectivity index (χ0v) is 6.04.